The number of hydrogen-bond donors (Lipinski definition) is 0. The molecule has 0 N–H and O–H groups in total. The smallest absolute Gasteiger partial charge is 0.0219 e. The standard InChI is InChI=1S/2C10H14.C9H12/c1-8(2)10-6-4-9(3)5-7-10;1-2-3-7-10-8-5-4-6-9-10;1-2-6-9-7-4-3-5-8-9/h4-8H,1-3H3;4-6,8-9H,2-3,7H2,1H3;3-5,7-8H,2,6H2,1H3. The van der Waals surface area contributed by atoms with Gasteiger partial charge in [0.1, 0.15) is 0 Å². The molecule has 156 valence electrons. The van der Waals surface area contributed by atoms with E-state index in [0.29, 0.717) is 5.92 Å². The van der Waals surface area contributed by atoms with Crippen LogP contribution in [-0.4, -0.2) is 0 Å². The number of hydrogen-bond acceptors (Lipinski definition) is 0. The molecule has 3 aromatic carbocycles. The summed E-state index contributed by atoms with van der Waals surface area (Å²) in [6.07, 6.45) is 6.28. The van der Waals surface area contributed by atoms with Gasteiger partial charge in [0.15, 0.2) is 0 Å². The molecule has 0 aromatic heterocycles. The summed E-state index contributed by atoms with van der Waals surface area (Å²) < 4.78 is 0. The van der Waals surface area contributed by atoms with Gasteiger partial charge in [0, 0.05) is 0 Å². The Hall–Kier alpha value is -2.34. The van der Waals surface area contributed by atoms with Crippen LogP contribution in [0.2, 0.25) is 0 Å². The Labute approximate surface area is 180 Å². The van der Waals surface area contributed by atoms with E-state index in [1.165, 1.54) is 54.4 Å². The summed E-state index contributed by atoms with van der Waals surface area (Å²) in [4.78, 5) is 0. The maximum atomic E-state index is 2.23. The second-order valence-corrected chi connectivity index (χ2v) is 7.89. The van der Waals surface area contributed by atoms with Crippen LogP contribution < -0.4 is 0 Å². The molecule has 0 amide bonds. The number of aryl methyl sites for hydroxylation is 3. The van der Waals surface area contributed by atoms with E-state index in [1.807, 2.05) is 0 Å². The van der Waals surface area contributed by atoms with Gasteiger partial charge in [0.05, 0.1) is 0 Å². The summed E-state index contributed by atoms with van der Waals surface area (Å²) in [5.41, 5.74) is 5.67. The van der Waals surface area contributed by atoms with Crippen molar-refractivity contribution in [2.75, 3.05) is 0 Å². The molecule has 0 saturated heterocycles. The average Bonchev–Trinajstić information content (AvgIpc) is 2.75. The van der Waals surface area contributed by atoms with E-state index in [-0.39, 0.29) is 0 Å². The molecule has 0 fully saturated rings. The minimum atomic E-state index is 0.653. The van der Waals surface area contributed by atoms with Gasteiger partial charge in [-0.1, -0.05) is 131 Å². The van der Waals surface area contributed by atoms with Crippen LogP contribution in [0.5, 0.6) is 0 Å². The van der Waals surface area contributed by atoms with Crippen LogP contribution in [0.15, 0.2) is 84.9 Å². The van der Waals surface area contributed by atoms with Gasteiger partial charge in [-0.2, -0.15) is 0 Å². The van der Waals surface area contributed by atoms with Gasteiger partial charge >= 0.3 is 0 Å². The highest BCUT2D eigenvalue weighted by molar-refractivity contribution is 5.23. The molecule has 0 spiro atoms. The molecule has 0 nitrogen and oxygen atoms in total. The van der Waals surface area contributed by atoms with Crippen molar-refractivity contribution in [3.05, 3.63) is 107 Å². The van der Waals surface area contributed by atoms with E-state index in [2.05, 4.69) is 120 Å². The SMILES string of the molecule is CCCCc1ccccc1.CCCc1ccccc1.Cc1ccc(C(C)C)cc1. The van der Waals surface area contributed by atoms with Crippen LogP contribution in [-0.2, 0) is 12.8 Å². The van der Waals surface area contributed by atoms with E-state index < -0.39 is 0 Å². The highest BCUT2D eigenvalue weighted by Crippen LogP contribution is 2.13. The Morgan fingerprint density at radius 2 is 1.07 bits per heavy atom. The zero-order valence-corrected chi connectivity index (χ0v) is 19.2. The topological polar surface area (TPSA) is 0 Å². The van der Waals surface area contributed by atoms with Crippen molar-refractivity contribution < 1.29 is 0 Å². The van der Waals surface area contributed by atoms with E-state index in [0.717, 1.165) is 0 Å². The lowest BCUT2D eigenvalue weighted by atomic mass is 10.0. The van der Waals surface area contributed by atoms with Gasteiger partial charge < -0.3 is 0 Å². The predicted molar refractivity (Wildman–Crippen MR) is 131 cm³/mol. The number of benzene rings is 3. The van der Waals surface area contributed by atoms with Crippen molar-refractivity contribution in [3.63, 3.8) is 0 Å². The van der Waals surface area contributed by atoms with Crippen molar-refractivity contribution in [2.45, 2.75) is 72.6 Å². The van der Waals surface area contributed by atoms with E-state index in [4.69, 9.17) is 0 Å². The first-order valence-corrected chi connectivity index (χ1v) is 11.2. The summed E-state index contributed by atoms with van der Waals surface area (Å²) in [5.74, 6) is 0.653. The Morgan fingerprint density at radius 3 is 1.48 bits per heavy atom. The Bertz CT molecular complexity index is 724. The van der Waals surface area contributed by atoms with Gasteiger partial charge in [-0.3, -0.25) is 0 Å². The number of unbranched alkanes of at least 4 members (excludes halogenated alkanes) is 1. The van der Waals surface area contributed by atoms with Crippen molar-refractivity contribution in [3.8, 4) is 0 Å². The summed E-state index contributed by atoms with van der Waals surface area (Å²) in [6.45, 7) is 11.0. The summed E-state index contributed by atoms with van der Waals surface area (Å²) in [5, 5.41) is 0. The minimum Gasteiger partial charge on any atom is -0.0654 e. The zero-order valence-electron chi connectivity index (χ0n) is 19.2. The summed E-state index contributed by atoms with van der Waals surface area (Å²) in [6, 6.07) is 29.9. The number of rotatable bonds is 6. The van der Waals surface area contributed by atoms with Gasteiger partial charge in [-0.25, -0.2) is 0 Å². The van der Waals surface area contributed by atoms with Crippen molar-refractivity contribution in [2.24, 2.45) is 0 Å². The molecular weight excluding hydrogens is 348 g/mol. The summed E-state index contributed by atoms with van der Waals surface area (Å²) in [7, 11) is 0. The fraction of sp³-hybridized carbons (Fsp3) is 0.379. The van der Waals surface area contributed by atoms with Crippen LogP contribution in [0, 0.1) is 6.92 Å². The van der Waals surface area contributed by atoms with Crippen LogP contribution in [0.1, 0.15) is 75.1 Å². The van der Waals surface area contributed by atoms with Crippen molar-refractivity contribution in [1.29, 1.82) is 0 Å². The molecule has 0 radical (unpaired) electrons. The van der Waals surface area contributed by atoms with Crippen LogP contribution in [0.4, 0.5) is 0 Å². The Kier molecular flexibility index (Phi) is 13.3. The first kappa shape index (κ1) is 24.7. The molecule has 0 heteroatoms. The quantitative estimate of drug-likeness (QED) is 0.396. The molecule has 0 aliphatic rings. The fourth-order valence-electron chi connectivity index (χ4n) is 2.91. The van der Waals surface area contributed by atoms with E-state index >= 15 is 0 Å². The maximum absolute atomic E-state index is 2.23. The minimum absolute atomic E-state index is 0.653. The molecule has 29 heavy (non-hydrogen) atoms. The lowest BCUT2D eigenvalue weighted by molar-refractivity contribution is 0.795. The van der Waals surface area contributed by atoms with Crippen LogP contribution in [0.3, 0.4) is 0 Å². The molecular formula is C29H40. The van der Waals surface area contributed by atoms with Crippen LogP contribution >= 0.6 is 0 Å². The highest BCUT2D eigenvalue weighted by Gasteiger charge is 1.95. The third-order valence-electron chi connectivity index (χ3n) is 4.79. The lowest BCUT2D eigenvalue weighted by Crippen LogP contribution is -1.85. The Morgan fingerprint density at radius 1 is 0.586 bits per heavy atom. The molecule has 0 bridgehead atoms. The lowest BCUT2D eigenvalue weighted by Gasteiger charge is -2.03. The molecule has 3 rings (SSSR count). The van der Waals surface area contributed by atoms with E-state index in [9.17, 15) is 0 Å². The molecule has 0 saturated carbocycles. The average molecular weight is 389 g/mol. The molecule has 0 heterocycles. The zero-order chi connectivity index (χ0) is 21.3. The van der Waals surface area contributed by atoms with Gasteiger partial charge in [-0.05, 0) is 48.8 Å². The first-order valence-electron chi connectivity index (χ1n) is 11.2. The first-order chi connectivity index (χ1) is 14.1. The van der Waals surface area contributed by atoms with Gasteiger partial charge in [0.25, 0.3) is 0 Å². The highest BCUT2D eigenvalue weighted by atomic mass is 14.0. The third kappa shape index (κ3) is 12.0. The van der Waals surface area contributed by atoms with Crippen molar-refractivity contribution >= 4 is 0 Å². The van der Waals surface area contributed by atoms with Gasteiger partial charge in [-0.15, -0.1) is 0 Å². The molecule has 3 aromatic rings. The second kappa shape index (κ2) is 15.6. The largest absolute Gasteiger partial charge is 0.0654 e. The molecule has 0 atom stereocenters. The predicted octanol–water partition coefficient (Wildman–Crippen LogP) is 8.79. The summed E-state index contributed by atoms with van der Waals surface area (Å²) >= 11 is 0. The maximum Gasteiger partial charge on any atom is -0.0219 e. The third-order valence-corrected chi connectivity index (χ3v) is 4.79. The normalized spacial score (nSPS) is 9.86. The molecule has 0 unspecified atom stereocenters. The van der Waals surface area contributed by atoms with Gasteiger partial charge in [0.2, 0.25) is 0 Å². The monoisotopic (exact) mass is 388 g/mol. The van der Waals surface area contributed by atoms with E-state index in [1.54, 1.807) is 0 Å². The fourth-order valence-corrected chi connectivity index (χ4v) is 2.91. The Balaban J connectivity index is 0.000000218. The molecule has 0 aliphatic carbocycles. The van der Waals surface area contributed by atoms with Crippen molar-refractivity contribution in [1.82, 2.24) is 0 Å². The molecule has 0 aliphatic heterocycles. The van der Waals surface area contributed by atoms with Crippen LogP contribution in [0.25, 0.3) is 0 Å². The second-order valence-electron chi connectivity index (χ2n) is 7.89.